The number of carbonyl (C=O) groups is 1. The van der Waals surface area contributed by atoms with Crippen molar-refractivity contribution >= 4 is 24.3 Å². The van der Waals surface area contributed by atoms with Gasteiger partial charge in [0.1, 0.15) is 17.5 Å². The molecule has 1 aromatic heterocycles. The number of nitriles is 1. The van der Waals surface area contributed by atoms with E-state index in [1.807, 2.05) is 19.9 Å². The van der Waals surface area contributed by atoms with Gasteiger partial charge in [-0.3, -0.25) is 5.43 Å². The fourth-order valence-corrected chi connectivity index (χ4v) is 1.67. The summed E-state index contributed by atoms with van der Waals surface area (Å²) in [6.07, 6.45) is 0. The molecule has 0 bridgehead atoms. The molecule has 1 rings (SSSR count). The minimum absolute atomic E-state index is 0.00476. The molecule has 0 saturated heterocycles. The van der Waals surface area contributed by atoms with Gasteiger partial charge in [0.05, 0.1) is 5.56 Å². The first-order valence-electron chi connectivity index (χ1n) is 5.74. The van der Waals surface area contributed by atoms with Crippen LogP contribution in [0, 0.1) is 11.3 Å². The van der Waals surface area contributed by atoms with Crippen molar-refractivity contribution in [3.63, 3.8) is 0 Å². The molecular weight excluding hydrogens is 246 g/mol. The Hall–Kier alpha value is -2.62. The number of nitrogens with zero attached hydrogens (tertiary/aromatic N) is 4. The van der Waals surface area contributed by atoms with Crippen LogP contribution in [0.2, 0.25) is 0 Å². The molecule has 19 heavy (non-hydrogen) atoms. The second-order valence-corrected chi connectivity index (χ2v) is 3.61. The molecule has 0 aliphatic rings. The Bertz CT molecular complexity index is 532. The van der Waals surface area contributed by atoms with Crippen molar-refractivity contribution in [3.8, 4) is 6.07 Å². The Morgan fingerprint density at radius 2 is 2.26 bits per heavy atom. The molecule has 1 heterocycles. The zero-order chi connectivity index (χ0) is 14.4. The average Bonchev–Trinajstić information content (AvgIpc) is 2.40. The Balaban J connectivity index is 3.49. The van der Waals surface area contributed by atoms with Crippen molar-refractivity contribution in [1.29, 1.82) is 5.26 Å². The maximum atomic E-state index is 11.3. The van der Waals surface area contributed by atoms with Gasteiger partial charge in [0.15, 0.2) is 5.82 Å². The molecule has 100 valence electrons. The van der Waals surface area contributed by atoms with Gasteiger partial charge in [-0.2, -0.15) is 10.4 Å². The average molecular weight is 261 g/mol. The lowest BCUT2D eigenvalue weighted by atomic mass is 10.1. The highest BCUT2D eigenvalue weighted by Gasteiger charge is 2.19. The smallest absolute Gasteiger partial charge is 0.339 e. The number of rotatable bonds is 6. The van der Waals surface area contributed by atoms with Crippen LogP contribution in [0.3, 0.4) is 0 Å². The number of pyridine rings is 1. The van der Waals surface area contributed by atoms with Crippen LogP contribution in [-0.4, -0.2) is 35.9 Å². The van der Waals surface area contributed by atoms with E-state index < -0.39 is 5.97 Å². The zero-order valence-corrected chi connectivity index (χ0v) is 10.8. The molecule has 0 atom stereocenters. The molecule has 0 saturated carbocycles. The molecule has 0 fully saturated rings. The first-order valence-corrected chi connectivity index (χ1v) is 5.74. The number of carboxylic acid groups (broad SMARTS) is 1. The minimum atomic E-state index is -1.12. The van der Waals surface area contributed by atoms with Crippen molar-refractivity contribution in [3.05, 3.63) is 17.2 Å². The number of hydrogen-bond donors (Lipinski definition) is 2. The van der Waals surface area contributed by atoms with Crippen LogP contribution in [0.1, 0.15) is 29.8 Å². The van der Waals surface area contributed by atoms with Gasteiger partial charge in [0.2, 0.25) is 0 Å². The standard InChI is InChI=1S/C12H15N5O2/c1-4-17(5-2)11-9(12(18)19)6-8(7-13)10(15-11)16-14-3/h6H,3-5H2,1-2H3,(H,15,16)(H,18,19). The third-order valence-corrected chi connectivity index (χ3v) is 2.60. The SMILES string of the molecule is C=NNc1nc(N(CC)CC)c(C(=O)O)cc1C#N. The fourth-order valence-electron chi connectivity index (χ4n) is 1.67. The van der Waals surface area contributed by atoms with E-state index in [4.69, 9.17) is 5.26 Å². The number of anilines is 2. The fraction of sp³-hybridized carbons (Fsp3) is 0.333. The summed E-state index contributed by atoms with van der Waals surface area (Å²) in [7, 11) is 0. The van der Waals surface area contributed by atoms with E-state index in [1.165, 1.54) is 6.07 Å². The summed E-state index contributed by atoms with van der Waals surface area (Å²) in [5.74, 6) is -0.615. The number of hydrazone groups is 1. The van der Waals surface area contributed by atoms with Crippen molar-refractivity contribution in [2.75, 3.05) is 23.4 Å². The highest BCUT2D eigenvalue weighted by Crippen LogP contribution is 2.24. The monoisotopic (exact) mass is 261 g/mol. The summed E-state index contributed by atoms with van der Waals surface area (Å²) < 4.78 is 0. The second-order valence-electron chi connectivity index (χ2n) is 3.61. The van der Waals surface area contributed by atoms with Crippen molar-refractivity contribution in [2.45, 2.75) is 13.8 Å². The first-order chi connectivity index (χ1) is 9.08. The summed E-state index contributed by atoms with van der Waals surface area (Å²) in [6, 6.07) is 3.17. The van der Waals surface area contributed by atoms with E-state index in [-0.39, 0.29) is 16.9 Å². The molecule has 7 heteroatoms. The topological polar surface area (TPSA) is 102 Å². The largest absolute Gasteiger partial charge is 0.478 e. The number of aromatic nitrogens is 1. The van der Waals surface area contributed by atoms with Crippen molar-refractivity contribution in [1.82, 2.24) is 4.98 Å². The predicted molar refractivity (Wildman–Crippen MR) is 72.6 cm³/mol. The van der Waals surface area contributed by atoms with Crippen LogP contribution in [0.4, 0.5) is 11.6 Å². The van der Waals surface area contributed by atoms with Gasteiger partial charge in [0, 0.05) is 19.8 Å². The Morgan fingerprint density at radius 3 is 2.68 bits per heavy atom. The maximum Gasteiger partial charge on any atom is 0.339 e. The van der Waals surface area contributed by atoms with E-state index in [0.29, 0.717) is 18.9 Å². The summed E-state index contributed by atoms with van der Waals surface area (Å²) in [5, 5.41) is 21.7. The molecule has 0 amide bonds. The zero-order valence-electron chi connectivity index (χ0n) is 10.8. The van der Waals surface area contributed by atoms with E-state index in [9.17, 15) is 9.90 Å². The van der Waals surface area contributed by atoms with Gasteiger partial charge in [-0.1, -0.05) is 0 Å². The predicted octanol–water partition coefficient (Wildman–Crippen LogP) is 1.53. The molecule has 7 nitrogen and oxygen atoms in total. The van der Waals surface area contributed by atoms with E-state index in [1.54, 1.807) is 4.90 Å². The van der Waals surface area contributed by atoms with Crippen LogP contribution >= 0.6 is 0 Å². The second kappa shape index (κ2) is 6.35. The van der Waals surface area contributed by atoms with Crippen LogP contribution in [0.15, 0.2) is 11.2 Å². The van der Waals surface area contributed by atoms with Crippen molar-refractivity contribution in [2.24, 2.45) is 5.10 Å². The number of hydrogen-bond acceptors (Lipinski definition) is 6. The summed E-state index contributed by atoms with van der Waals surface area (Å²) in [6.45, 7) is 8.27. The van der Waals surface area contributed by atoms with E-state index in [2.05, 4.69) is 22.2 Å². The molecule has 0 aliphatic carbocycles. The molecule has 0 unspecified atom stereocenters. The highest BCUT2D eigenvalue weighted by molar-refractivity contribution is 5.94. The molecular formula is C12H15N5O2. The van der Waals surface area contributed by atoms with E-state index in [0.717, 1.165) is 0 Å². The lowest BCUT2D eigenvalue weighted by Crippen LogP contribution is -2.26. The lowest BCUT2D eigenvalue weighted by Gasteiger charge is -2.22. The Kier molecular flexibility index (Phi) is 4.83. The molecule has 0 radical (unpaired) electrons. The Morgan fingerprint density at radius 1 is 1.63 bits per heavy atom. The molecule has 0 aliphatic heterocycles. The normalized spacial score (nSPS) is 9.53. The van der Waals surface area contributed by atoms with Crippen LogP contribution in [0.5, 0.6) is 0 Å². The van der Waals surface area contributed by atoms with Crippen LogP contribution < -0.4 is 10.3 Å². The number of nitrogens with one attached hydrogen (secondary N) is 1. The van der Waals surface area contributed by atoms with E-state index >= 15 is 0 Å². The van der Waals surface area contributed by atoms with Gasteiger partial charge in [-0.25, -0.2) is 9.78 Å². The van der Waals surface area contributed by atoms with Gasteiger partial charge in [-0.15, -0.1) is 0 Å². The first kappa shape index (κ1) is 14.4. The summed E-state index contributed by atoms with van der Waals surface area (Å²) in [5.41, 5.74) is 2.60. The quantitative estimate of drug-likeness (QED) is 0.594. The highest BCUT2D eigenvalue weighted by atomic mass is 16.4. The van der Waals surface area contributed by atoms with Crippen LogP contribution in [0.25, 0.3) is 0 Å². The molecule has 1 aromatic rings. The van der Waals surface area contributed by atoms with Gasteiger partial charge >= 0.3 is 5.97 Å². The van der Waals surface area contributed by atoms with Gasteiger partial charge in [-0.05, 0) is 19.9 Å². The molecule has 0 spiro atoms. The van der Waals surface area contributed by atoms with Gasteiger partial charge in [0.25, 0.3) is 0 Å². The summed E-state index contributed by atoms with van der Waals surface area (Å²) >= 11 is 0. The number of carboxylic acids is 1. The number of aromatic carboxylic acids is 1. The minimum Gasteiger partial charge on any atom is -0.478 e. The van der Waals surface area contributed by atoms with Crippen LogP contribution in [-0.2, 0) is 0 Å². The molecule has 0 aromatic carbocycles. The third-order valence-electron chi connectivity index (χ3n) is 2.60. The Labute approximate surface area is 111 Å². The summed E-state index contributed by atoms with van der Waals surface area (Å²) in [4.78, 5) is 17.2. The van der Waals surface area contributed by atoms with Gasteiger partial charge < -0.3 is 10.0 Å². The molecule has 2 N–H and O–H groups in total. The van der Waals surface area contributed by atoms with Crippen molar-refractivity contribution < 1.29 is 9.90 Å². The lowest BCUT2D eigenvalue weighted by molar-refractivity contribution is 0.0697. The maximum absolute atomic E-state index is 11.3. The third kappa shape index (κ3) is 2.98.